The predicted octanol–water partition coefficient (Wildman–Crippen LogP) is 2.82. The first-order chi connectivity index (χ1) is 11.6. The molecule has 2 fully saturated rings. The zero-order chi connectivity index (χ0) is 18.4. The molecule has 25 heavy (non-hydrogen) atoms. The zero-order valence-corrected chi connectivity index (χ0v) is 14.1. The van der Waals surface area contributed by atoms with E-state index in [1.54, 1.807) is 18.9 Å². The first-order valence-corrected chi connectivity index (χ1v) is 8.10. The largest absolute Gasteiger partial charge is 0.416 e. The Kier molecular flexibility index (Phi) is 4.26. The van der Waals surface area contributed by atoms with E-state index < -0.39 is 23.3 Å². The molecule has 136 valence electrons. The van der Waals surface area contributed by atoms with Crippen molar-refractivity contribution in [3.05, 3.63) is 35.4 Å². The third-order valence-electron chi connectivity index (χ3n) is 4.81. The van der Waals surface area contributed by atoms with Gasteiger partial charge in [-0.3, -0.25) is 9.69 Å². The van der Waals surface area contributed by atoms with Crippen LogP contribution in [-0.4, -0.2) is 41.0 Å². The van der Waals surface area contributed by atoms with E-state index in [4.69, 9.17) is 0 Å². The number of imide groups is 1. The molecule has 5 nitrogen and oxygen atoms in total. The summed E-state index contributed by atoms with van der Waals surface area (Å²) in [7, 11) is 1.71. The van der Waals surface area contributed by atoms with Gasteiger partial charge in [-0.15, -0.1) is 0 Å². The van der Waals surface area contributed by atoms with Crippen molar-refractivity contribution >= 4 is 11.9 Å². The molecular formula is C17H20F3N3O2. The topological polar surface area (TPSA) is 52.6 Å². The number of hydrogen-bond acceptors (Lipinski definition) is 3. The first kappa shape index (κ1) is 17.7. The number of urea groups is 1. The minimum atomic E-state index is -4.36. The van der Waals surface area contributed by atoms with E-state index in [1.165, 1.54) is 17.0 Å². The SMILES string of the molecule is CN(Cc1ccc(C(F)(F)F)cc1)CN1C(=O)N[C@](C)(C2CC2)C1=O. The Morgan fingerprint density at radius 2 is 1.84 bits per heavy atom. The van der Waals surface area contributed by atoms with Crippen molar-refractivity contribution < 1.29 is 22.8 Å². The van der Waals surface area contributed by atoms with Gasteiger partial charge >= 0.3 is 12.2 Å². The molecule has 1 aliphatic carbocycles. The van der Waals surface area contributed by atoms with Crippen LogP contribution in [0.3, 0.4) is 0 Å². The molecular weight excluding hydrogens is 335 g/mol. The van der Waals surface area contributed by atoms with Crippen LogP contribution in [0.25, 0.3) is 0 Å². The lowest BCUT2D eigenvalue weighted by Gasteiger charge is -2.24. The van der Waals surface area contributed by atoms with Crippen molar-refractivity contribution in [3.63, 3.8) is 0 Å². The second-order valence-electron chi connectivity index (χ2n) is 6.99. The molecule has 1 saturated heterocycles. The standard InChI is InChI=1S/C17H20F3N3O2/c1-16(12-7-8-12)14(24)23(15(25)21-16)10-22(2)9-11-3-5-13(6-4-11)17(18,19)20/h3-6,12H,7-10H2,1-2H3,(H,21,25)/t16-/m1/s1. The summed E-state index contributed by atoms with van der Waals surface area (Å²) in [6.45, 7) is 2.17. The first-order valence-electron chi connectivity index (χ1n) is 8.10. The molecule has 1 aliphatic heterocycles. The number of carbonyl (C=O) groups excluding carboxylic acids is 2. The van der Waals surface area contributed by atoms with Crippen LogP contribution in [0.4, 0.5) is 18.0 Å². The fourth-order valence-electron chi connectivity index (χ4n) is 3.18. The molecule has 1 aromatic rings. The number of carbonyl (C=O) groups is 2. The maximum atomic E-state index is 12.6. The molecule has 1 N–H and O–H groups in total. The van der Waals surface area contributed by atoms with Gasteiger partial charge in [0.25, 0.3) is 5.91 Å². The Morgan fingerprint density at radius 3 is 2.36 bits per heavy atom. The second kappa shape index (κ2) is 6.01. The van der Waals surface area contributed by atoms with Crippen LogP contribution < -0.4 is 5.32 Å². The number of amides is 3. The van der Waals surface area contributed by atoms with Crippen LogP contribution in [0, 0.1) is 5.92 Å². The highest BCUT2D eigenvalue weighted by Crippen LogP contribution is 2.42. The number of hydrogen-bond donors (Lipinski definition) is 1. The summed E-state index contributed by atoms with van der Waals surface area (Å²) in [5.74, 6) is -0.0477. The van der Waals surface area contributed by atoms with Crippen molar-refractivity contribution in [1.82, 2.24) is 15.1 Å². The molecule has 1 aromatic carbocycles. The van der Waals surface area contributed by atoms with Crippen LogP contribution in [0.1, 0.15) is 30.9 Å². The molecule has 0 radical (unpaired) electrons. The Balaban J connectivity index is 1.62. The summed E-state index contributed by atoms with van der Waals surface area (Å²) in [5.41, 5.74) is -0.854. The normalized spacial score (nSPS) is 24.2. The van der Waals surface area contributed by atoms with Gasteiger partial charge in [-0.05, 0) is 50.4 Å². The van der Waals surface area contributed by atoms with E-state index >= 15 is 0 Å². The molecule has 0 unspecified atom stereocenters. The molecule has 8 heteroatoms. The van der Waals surface area contributed by atoms with Crippen LogP contribution >= 0.6 is 0 Å². The molecule has 0 aromatic heterocycles. The number of rotatable bonds is 5. The Hall–Kier alpha value is -2.09. The third kappa shape index (κ3) is 3.49. The van der Waals surface area contributed by atoms with Gasteiger partial charge in [0, 0.05) is 6.54 Å². The van der Waals surface area contributed by atoms with Gasteiger partial charge < -0.3 is 5.32 Å². The highest BCUT2D eigenvalue weighted by atomic mass is 19.4. The lowest BCUT2D eigenvalue weighted by molar-refractivity contribution is -0.137. The smallest absolute Gasteiger partial charge is 0.323 e. The van der Waals surface area contributed by atoms with Gasteiger partial charge in [-0.25, -0.2) is 9.69 Å². The number of benzene rings is 1. The molecule has 3 rings (SSSR count). The molecule has 3 amide bonds. The van der Waals surface area contributed by atoms with Crippen molar-refractivity contribution in [1.29, 1.82) is 0 Å². The van der Waals surface area contributed by atoms with Crippen LogP contribution in [0.15, 0.2) is 24.3 Å². The number of nitrogens with zero attached hydrogens (tertiary/aromatic N) is 2. The summed E-state index contributed by atoms with van der Waals surface area (Å²) < 4.78 is 37.7. The Labute approximate surface area is 143 Å². The van der Waals surface area contributed by atoms with Gasteiger partial charge in [0.05, 0.1) is 12.2 Å². The highest BCUT2D eigenvalue weighted by Gasteiger charge is 2.56. The lowest BCUT2D eigenvalue weighted by Crippen LogP contribution is -2.46. The average molecular weight is 355 g/mol. The average Bonchev–Trinajstić information content (AvgIpc) is 3.33. The zero-order valence-electron chi connectivity index (χ0n) is 14.1. The quantitative estimate of drug-likeness (QED) is 0.827. The maximum absolute atomic E-state index is 12.6. The van der Waals surface area contributed by atoms with Gasteiger partial charge in [0.1, 0.15) is 5.54 Å². The number of halogens is 3. The second-order valence-corrected chi connectivity index (χ2v) is 6.99. The summed E-state index contributed by atoms with van der Waals surface area (Å²) in [4.78, 5) is 27.6. The minimum Gasteiger partial charge on any atom is -0.323 e. The minimum absolute atomic E-state index is 0.0913. The van der Waals surface area contributed by atoms with E-state index in [0.717, 1.165) is 25.0 Å². The van der Waals surface area contributed by atoms with Crippen molar-refractivity contribution in [3.8, 4) is 0 Å². The van der Waals surface area contributed by atoms with E-state index in [-0.39, 0.29) is 18.5 Å². The fourth-order valence-corrected chi connectivity index (χ4v) is 3.18. The van der Waals surface area contributed by atoms with Crippen molar-refractivity contribution in [2.45, 2.75) is 38.0 Å². The van der Waals surface area contributed by atoms with Crippen molar-refractivity contribution in [2.24, 2.45) is 5.92 Å². The van der Waals surface area contributed by atoms with Gasteiger partial charge in [-0.1, -0.05) is 12.1 Å². The maximum Gasteiger partial charge on any atom is 0.416 e. The van der Waals surface area contributed by atoms with Gasteiger partial charge in [0.2, 0.25) is 0 Å². The molecule has 0 spiro atoms. The van der Waals surface area contributed by atoms with Crippen LogP contribution in [0.2, 0.25) is 0 Å². The fraction of sp³-hybridized carbons (Fsp3) is 0.529. The molecule has 1 atom stereocenters. The molecule has 1 heterocycles. The van der Waals surface area contributed by atoms with E-state index in [2.05, 4.69) is 5.32 Å². The van der Waals surface area contributed by atoms with Gasteiger partial charge in [-0.2, -0.15) is 13.2 Å². The van der Waals surface area contributed by atoms with Gasteiger partial charge in [0.15, 0.2) is 0 Å². The Morgan fingerprint density at radius 1 is 1.24 bits per heavy atom. The monoisotopic (exact) mass is 355 g/mol. The number of alkyl halides is 3. The molecule has 1 saturated carbocycles. The molecule has 2 aliphatic rings. The van der Waals surface area contributed by atoms with Crippen LogP contribution in [0.5, 0.6) is 0 Å². The molecule has 0 bridgehead atoms. The predicted molar refractivity (Wildman–Crippen MR) is 84.3 cm³/mol. The Bertz CT molecular complexity index is 685. The summed E-state index contributed by atoms with van der Waals surface area (Å²) in [6, 6.07) is 4.44. The van der Waals surface area contributed by atoms with Crippen LogP contribution in [-0.2, 0) is 17.5 Å². The summed E-state index contributed by atoms with van der Waals surface area (Å²) in [5, 5.41) is 2.77. The highest BCUT2D eigenvalue weighted by molar-refractivity contribution is 6.07. The van der Waals surface area contributed by atoms with E-state index in [0.29, 0.717) is 12.1 Å². The van der Waals surface area contributed by atoms with Crippen molar-refractivity contribution in [2.75, 3.05) is 13.7 Å². The summed E-state index contributed by atoms with van der Waals surface area (Å²) >= 11 is 0. The van der Waals surface area contributed by atoms with E-state index in [1.807, 2.05) is 0 Å². The third-order valence-corrected chi connectivity index (χ3v) is 4.81. The van der Waals surface area contributed by atoms with E-state index in [9.17, 15) is 22.8 Å². The lowest BCUT2D eigenvalue weighted by atomic mass is 9.96. The number of nitrogens with one attached hydrogen (secondary N) is 1. The summed E-state index contributed by atoms with van der Waals surface area (Å²) in [6.07, 6.45) is -2.51.